The highest BCUT2D eigenvalue weighted by Crippen LogP contribution is 2.27. The molecule has 0 radical (unpaired) electrons. The molecule has 76 valence electrons. The zero-order valence-electron chi connectivity index (χ0n) is 7.62. The maximum atomic E-state index is 11.0. The van der Waals surface area contributed by atoms with Gasteiger partial charge in [0.1, 0.15) is 0 Å². The number of esters is 1. The number of carbonyl (C=O) groups excluding carboxylic acids is 1. The third-order valence-electron chi connectivity index (χ3n) is 1.95. The summed E-state index contributed by atoms with van der Waals surface area (Å²) in [4.78, 5) is 11.0. The predicted molar refractivity (Wildman–Crippen MR) is 43.0 cm³/mol. The van der Waals surface area contributed by atoms with Crippen LogP contribution in [0.2, 0.25) is 0 Å². The molecule has 1 aliphatic heterocycles. The highest BCUT2D eigenvalue weighted by Gasteiger charge is 2.38. The largest absolute Gasteiger partial charge is 0.469 e. The van der Waals surface area contributed by atoms with Crippen molar-refractivity contribution >= 4 is 5.97 Å². The summed E-state index contributed by atoms with van der Waals surface area (Å²) in [6.45, 7) is 0.838. The zero-order chi connectivity index (χ0) is 9.73. The topological polar surface area (TPSA) is 65.0 Å². The quantitative estimate of drug-likeness (QED) is 0.615. The highest BCUT2D eigenvalue weighted by molar-refractivity contribution is 5.70. The van der Waals surface area contributed by atoms with E-state index in [1.165, 1.54) is 7.11 Å². The molecule has 0 aromatic rings. The molecule has 0 aromatic carbocycles. The molecular formula is C8H14O5. The van der Waals surface area contributed by atoms with Crippen molar-refractivity contribution in [3.05, 3.63) is 0 Å². The number of aliphatic hydroxyl groups is 1. The van der Waals surface area contributed by atoms with Crippen molar-refractivity contribution in [2.24, 2.45) is 0 Å². The lowest BCUT2D eigenvalue weighted by atomic mass is 10.1. The van der Waals surface area contributed by atoms with E-state index in [0.717, 1.165) is 0 Å². The Labute approximate surface area is 76.6 Å². The summed E-state index contributed by atoms with van der Waals surface area (Å²) in [5.41, 5.74) is 0. The van der Waals surface area contributed by atoms with E-state index in [1.807, 2.05) is 0 Å². The first-order valence-electron chi connectivity index (χ1n) is 4.18. The molecule has 1 rings (SSSR count). The van der Waals surface area contributed by atoms with E-state index in [2.05, 4.69) is 4.74 Å². The minimum atomic E-state index is -0.957. The molecule has 5 nitrogen and oxygen atoms in total. The number of ether oxygens (including phenoxy) is 3. The monoisotopic (exact) mass is 190 g/mol. The lowest BCUT2D eigenvalue weighted by molar-refractivity contribution is -0.186. The molecule has 0 unspecified atom stereocenters. The lowest BCUT2D eigenvalue weighted by Crippen LogP contribution is -2.34. The first kappa shape index (κ1) is 10.4. The number of carbonyl (C=O) groups is 1. The summed E-state index contributed by atoms with van der Waals surface area (Å²) >= 11 is 0. The molecule has 0 aromatic heterocycles. The standard InChI is InChI=1S/C8H14O5/c1-11-7(10)6-8(2-3-9)12-4-5-13-8/h9H,2-6H2,1H3. The Bertz CT molecular complexity index is 173. The smallest absolute Gasteiger partial charge is 0.310 e. The molecule has 0 amide bonds. The number of rotatable bonds is 4. The summed E-state index contributed by atoms with van der Waals surface area (Å²) in [6.07, 6.45) is 0.326. The van der Waals surface area contributed by atoms with Gasteiger partial charge in [0.15, 0.2) is 5.79 Å². The van der Waals surface area contributed by atoms with Gasteiger partial charge in [0.05, 0.1) is 26.7 Å². The van der Waals surface area contributed by atoms with Gasteiger partial charge in [0.25, 0.3) is 0 Å². The van der Waals surface area contributed by atoms with E-state index >= 15 is 0 Å². The second-order valence-electron chi connectivity index (χ2n) is 2.83. The van der Waals surface area contributed by atoms with Crippen molar-refractivity contribution < 1.29 is 24.1 Å². The fourth-order valence-electron chi connectivity index (χ4n) is 1.29. The van der Waals surface area contributed by atoms with Gasteiger partial charge >= 0.3 is 5.97 Å². The Hall–Kier alpha value is -0.650. The van der Waals surface area contributed by atoms with Crippen LogP contribution in [-0.2, 0) is 19.0 Å². The van der Waals surface area contributed by atoms with E-state index < -0.39 is 11.8 Å². The van der Waals surface area contributed by atoms with E-state index in [-0.39, 0.29) is 13.0 Å². The first-order chi connectivity index (χ1) is 6.22. The van der Waals surface area contributed by atoms with E-state index in [4.69, 9.17) is 14.6 Å². The van der Waals surface area contributed by atoms with Crippen molar-refractivity contribution in [3.8, 4) is 0 Å². The summed E-state index contributed by atoms with van der Waals surface area (Å²) in [5, 5.41) is 8.77. The zero-order valence-corrected chi connectivity index (χ0v) is 7.62. The van der Waals surface area contributed by atoms with Crippen LogP contribution in [-0.4, -0.2) is 43.8 Å². The molecule has 13 heavy (non-hydrogen) atoms. The SMILES string of the molecule is COC(=O)CC1(CCO)OCCO1. The maximum Gasteiger partial charge on any atom is 0.310 e. The van der Waals surface area contributed by atoms with Gasteiger partial charge in [0, 0.05) is 13.0 Å². The number of aliphatic hydroxyl groups excluding tert-OH is 1. The van der Waals surface area contributed by atoms with Crippen molar-refractivity contribution in [2.45, 2.75) is 18.6 Å². The van der Waals surface area contributed by atoms with E-state index in [0.29, 0.717) is 19.6 Å². The van der Waals surface area contributed by atoms with Gasteiger partial charge in [-0.1, -0.05) is 0 Å². The predicted octanol–water partition coefficient (Wildman–Crippen LogP) is -0.325. The molecule has 1 aliphatic rings. The molecule has 0 aliphatic carbocycles. The fraction of sp³-hybridized carbons (Fsp3) is 0.875. The van der Waals surface area contributed by atoms with Gasteiger partial charge in [-0.3, -0.25) is 4.79 Å². The molecule has 1 heterocycles. The second-order valence-corrected chi connectivity index (χ2v) is 2.83. The Morgan fingerprint density at radius 2 is 2.15 bits per heavy atom. The van der Waals surface area contributed by atoms with Crippen LogP contribution in [0.15, 0.2) is 0 Å². The number of hydrogen-bond donors (Lipinski definition) is 1. The number of methoxy groups -OCH3 is 1. The molecule has 0 atom stereocenters. The lowest BCUT2D eigenvalue weighted by Gasteiger charge is -2.24. The van der Waals surface area contributed by atoms with Crippen LogP contribution >= 0.6 is 0 Å². The van der Waals surface area contributed by atoms with Crippen molar-refractivity contribution in [2.75, 3.05) is 26.9 Å². The van der Waals surface area contributed by atoms with Crippen molar-refractivity contribution in [1.29, 1.82) is 0 Å². The second kappa shape index (κ2) is 4.55. The molecule has 1 N–H and O–H groups in total. The third kappa shape index (κ3) is 2.65. The minimum absolute atomic E-state index is 0.0318. The summed E-state index contributed by atoms with van der Waals surface area (Å²) in [5.74, 6) is -1.35. The van der Waals surface area contributed by atoms with E-state index in [9.17, 15) is 4.79 Å². The van der Waals surface area contributed by atoms with Gasteiger partial charge in [-0.15, -0.1) is 0 Å². The minimum Gasteiger partial charge on any atom is -0.469 e. The molecule has 0 spiro atoms. The average Bonchev–Trinajstić information content (AvgIpc) is 2.54. The molecule has 1 saturated heterocycles. The van der Waals surface area contributed by atoms with Crippen LogP contribution in [0.25, 0.3) is 0 Å². The first-order valence-corrected chi connectivity index (χ1v) is 4.18. The van der Waals surface area contributed by atoms with Crippen LogP contribution < -0.4 is 0 Å². The summed E-state index contributed by atoms with van der Waals surface area (Å²) in [7, 11) is 1.31. The highest BCUT2D eigenvalue weighted by atomic mass is 16.7. The fourth-order valence-corrected chi connectivity index (χ4v) is 1.29. The molecule has 1 fully saturated rings. The Morgan fingerprint density at radius 3 is 2.62 bits per heavy atom. The van der Waals surface area contributed by atoms with Gasteiger partial charge in [-0.25, -0.2) is 0 Å². The molecular weight excluding hydrogens is 176 g/mol. The van der Waals surface area contributed by atoms with Crippen LogP contribution in [0.4, 0.5) is 0 Å². The van der Waals surface area contributed by atoms with Crippen molar-refractivity contribution in [3.63, 3.8) is 0 Å². The van der Waals surface area contributed by atoms with Gasteiger partial charge < -0.3 is 19.3 Å². The van der Waals surface area contributed by atoms with E-state index in [1.54, 1.807) is 0 Å². The molecule has 0 saturated carbocycles. The maximum absolute atomic E-state index is 11.0. The Balaban J connectivity index is 2.51. The van der Waals surface area contributed by atoms with Gasteiger partial charge in [-0.05, 0) is 0 Å². The van der Waals surface area contributed by atoms with Crippen molar-refractivity contribution in [1.82, 2.24) is 0 Å². The molecule has 5 heteroatoms. The summed E-state index contributed by atoms with van der Waals surface area (Å²) in [6, 6.07) is 0. The van der Waals surface area contributed by atoms with Crippen LogP contribution in [0.3, 0.4) is 0 Å². The molecule has 0 bridgehead atoms. The Kier molecular flexibility index (Phi) is 3.65. The van der Waals surface area contributed by atoms with Crippen LogP contribution in [0, 0.1) is 0 Å². The van der Waals surface area contributed by atoms with Gasteiger partial charge in [-0.2, -0.15) is 0 Å². The average molecular weight is 190 g/mol. The van der Waals surface area contributed by atoms with Gasteiger partial charge in [0.2, 0.25) is 0 Å². The normalized spacial score (nSPS) is 20.2. The number of hydrogen-bond acceptors (Lipinski definition) is 5. The summed E-state index contributed by atoms with van der Waals surface area (Å²) < 4.78 is 15.0. The third-order valence-corrected chi connectivity index (χ3v) is 1.95. The van der Waals surface area contributed by atoms with Crippen LogP contribution in [0.5, 0.6) is 0 Å². The Morgan fingerprint density at radius 1 is 1.54 bits per heavy atom. The van der Waals surface area contributed by atoms with Crippen LogP contribution in [0.1, 0.15) is 12.8 Å².